The number of rotatable bonds is 1. The first-order valence-corrected chi connectivity index (χ1v) is 2.81. The number of nitrogens with zero attached hydrogens (tertiary/aromatic N) is 2. The van der Waals surface area contributed by atoms with Gasteiger partial charge in [-0.05, 0) is 6.42 Å². The monoisotopic (exact) mass is 128 g/mol. The van der Waals surface area contributed by atoms with Crippen molar-refractivity contribution in [3.63, 3.8) is 0 Å². The molecule has 1 saturated heterocycles. The van der Waals surface area contributed by atoms with E-state index < -0.39 is 0 Å². The third-order valence-electron chi connectivity index (χ3n) is 1.08. The van der Waals surface area contributed by atoms with Crippen LogP contribution in [0.3, 0.4) is 0 Å². The van der Waals surface area contributed by atoms with E-state index in [1.165, 1.54) is 0 Å². The fourth-order valence-corrected chi connectivity index (χ4v) is 0.676. The van der Waals surface area contributed by atoms with Gasteiger partial charge in [-0.2, -0.15) is 0 Å². The van der Waals surface area contributed by atoms with Crippen LogP contribution in [0.2, 0.25) is 0 Å². The molecule has 0 atom stereocenters. The van der Waals surface area contributed by atoms with Crippen molar-refractivity contribution in [2.45, 2.75) is 6.42 Å². The first-order valence-electron chi connectivity index (χ1n) is 2.81. The second-order valence-corrected chi connectivity index (χ2v) is 1.74. The zero-order valence-corrected chi connectivity index (χ0v) is 4.92. The van der Waals surface area contributed by atoms with Gasteiger partial charge in [0, 0.05) is 13.1 Å². The van der Waals surface area contributed by atoms with Crippen LogP contribution in [-0.2, 0) is 0 Å². The molecule has 0 amide bonds. The molecule has 2 N–H and O–H groups in total. The standard InChI is InChI=1S/C4H8N4O/c9-8-7-4-5-2-1-3-6-4/h1-3H2,(H2,5,6,7,9). The molecule has 1 aliphatic heterocycles. The lowest BCUT2D eigenvalue weighted by Gasteiger charge is -2.15. The fraction of sp³-hybridized carbons (Fsp3) is 0.750. The van der Waals surface area contributed by atoms with Gasteiger partial charge in [0.1, 0.15) is 0 Å². The maximum absolute atomic E-state index is 9.56. The van der Waals surface area contributed by atoms with Gasteiger partial charge in [-0.3, -0.25) is 0 Å². The lowest BCUT2D eigenvalue weighted by atomic mass is 10.4. The molecule has 1 heterocycles. The average Bonchev–Trinajstić information content (AvgIpc) is 1.91. The van der Waals surface area contributed by atoms with Gasteiger partial charge in [-0.1, -0.05) is 5.10 Å². The topological polar surface area (TPSA) is 65.8 Å². The molecule has 0 unspecified atom stereocenters. The van der Waals surface area contributed by atoms with E-state index in [0.29, 0.717) is 5.96 Å². The zero-order valence-electron chi connectivity index (χ0n) is 4.92. The molecule has 50 valence electrons. The van der Waals surface area contributed by atoms with Gasteiger partial charge < -0.3 is 10.6 Å². The van der Waals surface area contributed by atoms with Crippen molar-refractivity contribution in [2.75, 3.05) is 13.1 Å². The number of guanidine groups is 1. The van der Waals surface area contributed by atoms with Gasteiger partial charge in [-0.15, -0.1) is 4.91 Å². The van der Waals surface area contributed by atoms with Crippen LogP contribution in [0.15, 0.2) is 10.4 Å². The average molecular weight is 128 g/mol. The lowest BCUT2D eigenvalue weighted by Crippen LogP contribution is -2.43. The Morgan fingerprint density at radius 2 is 2.00 bits per heavy atom. The molecule has 9 heavy (non-hydrogen) atoms. The summed E-state index contributed by atoms with van der Waals surface area (Å²) in [6.45, 7) is 1.72. The highest BCUT2D eigenvalue weighted by Gasteiger charge is 2.02. The normalized spacial score (nSPS) is 17.6. The van der Waals surface area contributed by atoms with E-state index >= 15 is 0 Å². The molecule has 5 heteroatoms. The molecular formula is C4H8N4O. The summed E-state index contributed by atoms with van der Waals surface area (Å²) in [5, 5.41) is 11.4. The minimum atomic E-state index is 0.483. The highest BCUT2D eigenvalue weighted by atomic mass is 16.3. The highest BCUT2D eigenvalue weighted by molar-refractivity contribution is 5.80. The molecule has 0 aliphatic carbocycles. The number of nitroso groups, excluding NO2 is 1. The van der Waals surface area contributed by atoms with Crippen LogP contribution in [0.4, 0.5) is 0 Å². The Morgan fingerprint density at radius 1 is 1.33 bits per heavy atom. The van der Waals surface area contributed by atoms with Gasteiger partial charge in [-0.25, -0.2) is 0 Å². The molecule has 0 spiro atoms. The summed E-state index contributed by atoms with van der Waals surface area (Å²) in [5.41, 5.74) is 0. The predicted molar refractivity (Wildman–Crippen MR) is 33.9 cm³/mol. The Bertz CT molecular complexity index is 125. The quantitative estimate of drug-likeness (QED) is 0.373. The molecule has 1 rings (SSSR count). The second-order valence-electron chi connectivity index (χ2n) is 1.74. The lowest BCUT2D eigenvalue weighted by molar-refractivity contribution is 0.664. The molecular weight excluding hydrogens is 120 g/mol. The van der Waals surface area contributed by atoms with Crippen molar-refractivity contribution in [1.29, 1.82) is 0 Å². The van der Waals surface area contributed by atoms with Gasteiger partial charge in [0.05, 0.1) is 5.29 Å². The second kappa shape index (κ2) is 3.01. The molecule has 0 saturated carbocycles. The van der Waals surface area contributed by atoms with Crippen molar-refractivity contribution in [2.24, 2.45) is 10.4 Å². The van der Waals surface area contributed by atoms with Crippen LogP contribution >= 0.6 is 0 Å². The van der Waals surface area contributed by atoms with E-state index in [1.54, 1.807) is 0 Å². The predicted octanol–water partition coefficient (Wildman–Crippen LogP) is -0.393. The smallest absolute Gasteiger partial charge is 0.219 e. The van der Waals surface area contributed by atoms with Crippen LogP contribution < -0.4 is 10.6 Å². The molecule has 0 aromatic heterocycles. The summed E-state index contributed by atoms with van der Waals surface area (Å²) in [6, 6.07) is 0. The SMILES string of the molecule is O=NN=C1NCCCN1. The molecule has 0 aromatic rings. The number of hydrogen-bond donors (Lipinski definition) is 2. The van der Waals surface area contributed by atoms with Crippen molar-refractivity contribution < 1.29 is 0 Å². The van der Waals surface area contributed by atoms with Crippen molar-refractivity contribution >= 4 is 5.96 Å². The molecule has 1 fully saturated rings. The van der Waals surface area contributed by atoms with Gasteiger partial charge in [0.2, 0.25) is 5.96 Å². The molecule has 1 aliphatic rings. The third kappa shape index (κ3) is 1.67. The first kappa shape index (κ1) is 6.00. The molecule has 0 aromatic carbocycles. The Kier molecular flexibility index (Phi) is 2.00. The maximum Gasteiger partial charge on any atom is 0.219 e. The van der Waals surface area contributed by atoms with E-state index in [2.05, 4.69) is 21.0 Å². The summed E-state index contributed by atoms with van der Waals surface area (Å²) >= 11 is 0. The van der Waals surface area contributed by atoms with E-state index in [0.717, 1.165) is 19.5 Å². The summed E-state index contributed by atoms with van der Waals surface area (Å²) in [5.74, 6) is 0.483. The number of nitrogens with one attached hydrogen (secondary N) is 2. The maximum atomic E-state index is 9.56. The summed E-state index contributed by atoms with van der Waals surface area (Å²) in [7, 11) is 0. The van der Waals surface area contributed by atoms with Gasteiger partial charge in [0.15, 0.2) is 0 Å². The zero-order chi connectivity index (χ0) is 6.53. The molecule has 0 radical (unpaired) electrons. The van der Waals surface area contributed by atoms with Gasteiger partial charge >= 0.3 is 0 Å². The summed E-state index contributed by atoms with van der Waals surface area (Å²) in [4.78, 5) is 9.56. The molecule has 0 bridgehead atoms. The van der Waals surface area contributed by atoms with E-state index in [4.69, 9.17) is 0 Å². The Labute approximate surface area is 52.5 Å². The Morgan fingerprint density at radius 3 is 2.56 bits per heavy atom. The van der Waals surface area contributed by atoms with Crippen molar-refractivity contribution in [3.8, 4) is 0 Å². The van der Waals surface area contributed by atoms with Crippen LogP contribution in [0.5, 0.6) is 0 Å². The highest BCUT2D eigenvalue weighted by Crippen LogP contribution is 1.82. The van der Waals surface area contributed by atoms with Crippen LogP contribution in [-0.4, -0.2) is 19.0 Å². The van der Waals surface area contributed by atoms with Gasteiger partial charge in [0.25, 0.3) is 0 Å². The van der Waals surface area contributed by atoms with Crippen molar-refractivity contribution in [3.05, 3.63) is 4.91 Å². The molecule has 5 nitrogen and oxygen atoms in total. The van der Waals surface area contributed by atoms with E-state index in [9.17, 15) is 4.91 Å². The van der Waals surface area contributed by atoms with Crippen LogP contribution in [0, 0.1) is 4.91 Å². The Hall–Kier alpha value is -1.13. The summed E-state index contributed by atoms with van der Waals surface area (Å²) < 4.78 is 0. The van der Waals surface area contributed by atoms with Crippen molar-refractivity contribution in [1.82, 2.24) is 10.6 Å². The Balaban J connectivity index is 2.39. The van der Waals surface area contributed by atoms with Crippen LogP contribution in [0.25, 0.3) is 0 Å². The largest absolute Gasteiger partial charge is 0.355 e. The third-order valence-corrected chi connectivity index (χ3v) is 1.08. The first-order chi connectivity index (χ1) is 4.43. The fourth-order valence-electron chi connectivity index (χ4n) is 0.676. The minimum Gasteiger partial charge on any atom is -0.355 e. The summed E-state index contributed by atoms with van der Waals surface area (Å²) in [6.07, 6.45) is 1.05. The van der Waals surface area contributed by atoms with Crippen LogP contribution in [0.1, 0.15) is 6.42 Å². The van der Waals surface area contributed by atoms with E-state index in [-0.39, 0.29) is 0 Å². The minimum absolute atomic E-state index is 0.483. The number of hydrogen-bond acceptors (Lipinski definition) is 2. The van der Waals surface area contributed by atoms with E-state index in [1.807, 2.05) is 0 Å².